The molecule has 0 aliphatic rings. The van der Waals surface area contributed by atoms with Crippen LogP contribution in [0, 0.1) is 23.0 Å². The molecule has 5 nitrogen and oxygen atoms in total. The summed E-state index contributed by atoms with van der Waals surface area (Å²) >= 11 is 0. The smallest absolute Gasteiger partial charge is 0.417 e. The van der Waals surface area contributed by atoms with E-state index in [9.17, 15) is 32.0 Å². The van der Waals surface area contributed by atoms with Crippen molar-refractivity contribution in [1.29, 1.82) is 5.26 Å². The minimum absolute atomic E-state index is 0.139. The van der Waals surface area contributed by atoms with E-state index >= 15 is 0 Å². The molecular formula is C28H19F5N2O3. The Bertz CT molecular complexity index is 1600. The van der Waals surface area contributed by atoms with Crippen molar-refractivity contribution in [2.75, 3.05) is 14.2 Å². The highest BCUT2D eigenvalue weighted by atomic mass is 19.4. The fourth-order valence-corrected chi connectivity index (χ4v) is 4.04. The summed E-state index contributed by atoms with van der Waals surface area (Å²) in [7, 11) is 2.98. The number of alkyl halides is 3. The van der Waals surface area contributed by atoms with Crippen molar-refractivity contribution in [3.05, 3.63) is 105 Å². The highest BCUT2D eigenvalue weighted by molar-refractivity contribution is 5.71. The van der Waals surface area contributed by atoms with Crippen LogP contribution in [0.2, 0.25) is 0 Å². The Morgan fingerprint density at radius 3 is 2.05 bits per heavy atom. The minimum Gasteiger partial charge on any atom is -0.493 e. The third-order valence-electron chi connectivity index (χ3n) is 5.96. The largest absolute Gasteiger partial charge is 0.493 e. The van der Waals surface area contributed by atoms with Gasteiger partial charge in [0.1, 0.15) is 23.3 Å². The molecule has 0 unspecified atom stereocenters. The molecule has 194 valence electrons. The number of halogens is 5. The van der Waals surface area contributed by atoms with Gasteiger partial charge in [0.25, 0.3) is 5.56 Å². The zero-order valence-corrected chi connectivity index (χ0v) is 20.1. The number of benzene rings is 3. The number of nitrogens with zero attached hydrogens (tertiary/aromatic N) is 2. The van der Waals surface area contributed by atoms with Crippen molar-refractivity contribution in [1.82, 2.24) is 4.57 Å². The molecule has 4 aromatic rings. The first kappa shape index (κ1) is 26.4. The first-order chi connectivity index (χ1) is 18.1. The van der Waals surface area contributed by atoms with Gasteiger partial charge in [0.2, 0.25) is 0 Å². The molecular weight excluding hydrogens is 507 g/mol. The lowest BCUT2D eigenvalue weighted by atomic mass is 10.00. The van der Waals surface area contributed by atoms with E-state index in [2.05, 4.69) is 0 Å². The molecule has 1 heterocycles. The quantitative estimate of drug-likeness (QED) is 0.272. The Kier molecular flexibility index (Phi) is 7.21. The second-order valence-corrected chi connectivity index (χ2v) is 8.20. The van der Waals surface area contributed by atoms with Gasteiger partial charge in [-0.2, -0.15) is 18.4 Å². The molecule has 0 aliphatic carbocycles. The van der Waals surface area contributed by atoms with Crippen molar-refractivity contribution < 1.29 is 31.4 Å². The van der Waals surface area contributed by atoms with Crippen LogP contribution in [0.15, 0.2) is 71.5 Å². The standard InChI is InChI=1S/C28H19F5N2O3/c1-37-25-10-8-18(11-26(25)38-2)16-3-5-17(6-4-16)24-13-22(28(31,32)33)21(14-34)27(36)35(24)15-19-7-9-20(29)12-23(19)30/h3-13H,15H2,1-2H3. The number of methoxy groups -OCH3 is 2. The monoisotopic (exact) mass is 526 g/mol. The summed E-state index contributed by atoms with van der Waals surface area (Å²) in [6.45, 7) is -0.523. The van der Waals surface area contributed by atoms with Crippen LogP contribution in [0.4, 0.5) is 22.0 Å². The second kappa shape index (κ2) is 10.4. The van der Waals surface area contributed by atoms with Gasteiger partial charge >= 0.3 is 6.18 Å². The lowest BCUT2D eigenvalue weighted by molar-refractivity contribution is -0.137. The number of ether oxygens (including phenoxy) is 2. The van der Waals surface area contributed by atoms with E-state index in [-0.39, 0.29) is 16.8 Å². The van der Waals surface area contributed by atoms with E-state index in [1.807, 2.05) is 0 Å². The summed E-state index contributed by atoms with van der Waals surface area (Å²) in [5.41, 5.74) is -2.46. The predicted octanol–water partition coefficient (Wildman–Crippen LogP) is 6.42. The SMILES string of the molecule is COc1ccc(-c2ccc(-c3cc(C(F)(F)F)c(C#N)c(=O)n3Cc3ccc(F)cc3F)cc2)cc1OC. The Hall–Kier alpha value is -4.65. The summed E-state index contributed by atoms with van der Waals surface area (Å²) in [5.74, 6) is -0.840. The maximum atomic E-state index is 14.4. The number of aromatic nitrogens is 1. The van der Waals surface area contributed by atoms with Crippen molar-refractivity contribution in [3.63, 3.8) is 0 Å². The van der Waals surface area contributed by atoms with E-state index in [0.717, 1.165) is 22.3 Å². The molecule has 0 spiro atoms. The minimum atomic E-state index is -4.99. The van der Waals surface area contributed by atoms with E-state index < -0.39 is 41.0 Å². The third kappa shape index (κ3) is 5.09. The van der Waals surface area contributed by atoms with Gasteiger partial charge in [0.05, 0.1) is 32.0 Å². The van der Waals surface area contributed by atoms with Gasteiger partial charge in [-0.05, 0) is 41.0 Å². The molecule has 38 heavy (non-hydrogen) atoms. The van der Waals surface area contributed by atoms with Crippen molar-refractivity contribution >= 4 is 0 Å². The molecule has 0 radical (unpaired) electrons. The van der Waals surface area contributed by atoms with E-state index in [1.165, 1.54) is 32.4 Å². The number of hydrogen-bond acceptors (Lipinski definition) is 4. The average Bonchev–Trinajstić information content (AvgIpc) is 2.90. The molecule has 0 fully saturated rings. The third-order valence-corrected chi connectivity index (χ3v) is 5.96. The highest BCUT2D eigenvalue weighted by Crippen LogP contribution is 2.36. The van der Waals surface area contributed by atoms with Crippen LogP contribution in [0.5, 0.6) is 11.5 Å². The zero-order valence-electron chi connectivity index (χ0n) is 20.1. The Labute approximate surface area is 213 Å². The van der Waals surface area contributed by atoms with Gasteiger partial charge in [-0.25, -0.2) is 8.78 Å². The molecule has 0 bridgehead atoms. The summed E-state index contributed by atoms with van der Waals surface area (Å²) in [4.78, 5) is 13.1. The molecule has 0 aliphatic heterocycles. The van der Waals surface area contributed by atoms with Crippen LogP contribution in [-0.4, -0.2) is 18.8 Å². The van der Waals surface area contributed by atoms with Gasteiger partial charge in [-0.1, -0.05) is 36.4 Å². The number of pyridine rings is 1. The second-order valence-electron chi connectivity index (χ2n) is 8.20. The number of nitriles is 1. The van der Waals surface area contributed by atoms with Gasteiger partial charge in [0, 0.05) is 11.6 Å². The predicted molar refractivity (Wildman–Crippen MR) is 130 cm³/mol. The fourth-order valence-electron chi connectivity index (χ4n) is 4.04. The zero-order chi connectivity index (χ0) is 27.6. The molecule has 0 saturated heterocycles. The van der Waals surface area contributed by atoms with E-state index in [4.69, 9.17) is 9.47 Å². The summed E-state index contributed by atoms with van der Waals surface area (Å²) in [6.07, 6.45) is -4.99. The van der Waals surface area contributed by atoms with Crippen LogP contribution < -0.4 is 15.0 Å². The van der Waals surface area contributed by atoms with Crippen LogP contribution >= 0.6 is 0 Å². The molecule has 1 aromatic heterocycles. The van der Waals surface area contributed by atoms with Crippen LogP contribution in [0.1, 0.15) is 16.7 Å². The van der Waals surface area contributed by atoms with Gasteiger partial charge < -0.3 is 14.0 Å². The maximum absolute atomic E-state index is 14.4. The van der Waals surface area contributed by atoms with Gasteiger partial charge in [0.15, 0.2) is 11.5 Å². The first-order valence-electron chi connectivity index (χ1n) is 11.1. The normalized spacial score (nSPS) is 11.2. The lowest BCUT2D eigenvalue weighted by Crippen LogP contribution is -2.29. The average molecular weight is 526 g/mol. The van der Waals surface area contributed by atoms with E-state index in [1.54, 1.807) is 30.3 Å². The molecule has 0 atom stereocenters. The van der Waals surface area contributed by atoms with Crippen molar-refractivity contribution in [2.24, 2.45) is 0 Å². The van der Waals surface area contributed by atoms with E-state index in [0.29, 0.717) is 29.2 Å². The molecule has 0 amide bonds. The van der Waals surface area contributed by atoms with Crippen molar-refractivity contribution in [2.45, 2.75) is 12.7 Å². The first-order valence-corrected chi connectivity index (χ1v) is 11.1. The number of hydrogen-bond donors (Lipinski definition) is 0. The van der Waals surface area contributed by atoms with Crippen molar-refractivity contribution in [3.8, 4) is 40.0 Å². The lowest BCUT2D eigenvalue weighted by Gasteiger charge is -2.18. The highest BCUT2D eigenvalue weighted by Gasteiger charge is 2.36. The Balaban J connectivity index is 1.87. The van der Waals surface area contributed by atoms with Crippen LogP contribution in [0.3, 0.4) is 0 Å². The maximum Gasteiger partial charge on any atom is 0.417 e. The molecule has 10 heteroatoms. The molecule has 0 N–H and O–H groups in total. The fraction of sp³-hybridized carbons (Fsp3) is 0.143. The summed E-state index contributed by atoms with van der Waals surface area (Å²) in [5, 5.41) is 9.34. The molecule has 3 aromatic carbocycles. The molecule has 4 rings (SSSR count). The van der Waals surface area contributed by atoms with Gasteiger partial charge in [-0.15, -0.1) is 0 Å². The Morgan fingerprint density at radius 2 is 1.47 bits per heavy atom. The summed E-state index contributed by atoms with van der Waals surface area (Å²) < 4.78 is 80.5. The van der Waals surface area contributed by atoms with Crippen LogP contribution in [0.25, 0.3) is 22.4 Å². The van der Waals surface area contributed by atoms with Gasteiger partial charge in [-0.3, -0.25) is 4.79 Å². The molecule has 0 saturated carbocycles. The number of rotatable bonds is 6. The topological polar surface area (TPSA) is 64.2 Å². The Morgan fingerprint density at radius 1 is 0.842 bits per heavy atom. The summed E-state index contributed by atoms with van der Waals surface area (Å²) in [6, 6.07) is 16.1. The van der Waals surface area contributed by atoms with Crippen LogP contribution in [-0.2, 0) is 12.7 Å².